The Kier molecular flexibility index (Phi) is 10.3. The van der Waals surface area contributed by atoms with Gasteiger partial charge in [-0.3, -0.25) is 9.69 Å². The van der Waals surface area contributed by atoms with Gasteiger partial charge in [-0.25, -0.2) is 0 Å². The van der Waals surface area contributed by atoms with E-state index in [0.717, 1.165) is 10.0 Å². The lowest BCUT2D eigenvalue weighted by Gasteiger charge is -2.20. The van der Waals surface area contributed by atoms with Crippen molar-refractivity contribution in [1.29, 1.82) is 0 Å². The van der Waals surface area contributed by atoms with Crippen molar-refractivity contribution in [3.8, 4) is 0 Å². The minimum atomic E-state index is -0.0598. The molecule has 0 aliphatic heterocycles. The predicted molar refractivity (Wildman–Crippen MR) is 94.2 cm³/mol. The van der Waals surface area contributed by atoms with Crippen LogP contribution in [0, 0.1) is 6.92 Å². The number of aryl methyl sites for hydroxylation is 1. The highest BCUT2D eigenvalue weighted by Gasteiger charge is 2.12. The first-order valence-electron chi connectivity index (χ1n) is 5.87. The molecule has 0 fully saturated rings. The number of likely N-dealkylation sites (N-methyl/N-ethyl adjacent to an activating group) is 1. The molecule has 1 rings (SSSR count). The van der Waals surface area contributed by atoms with E-state index in [1.807, 2.05) is 44.9 Å². The van der Waals surface area contributed by atoms with Crippen LogP contribution in [0.15, 0.2) is 16.6 Å². The van der Waals surface area contributed by atoms with Crippen molar-refractivity contribution in [3.63, 3.8) is 0 Å². The molecule has 1 amide bonds. The van der Waals surface area contributed by atoms with Crippen molar-refractivity contribution in [2.24, 2.45) is 0 Å². The second-order valence-corrected chi connectivity index (χ2v) is 5.66. The second kappa shape index (κ2) is 9.45. The van der Waals surface area contributed by atoms with Crippen LogP contribution in [0.4, 0.5) is 11.4 Å². The number of nitrogens with one attached hydrogen (secondary N) is 1. The molecule has 0 radical (unpaired) electrons. The largest absolute Gasteiger partial charge is 0.397 e. The Morgan fingerprint density at radius 2 is 1.95 bits per heavy atom. The molecule has 0 aliphatic carbocycles. The predicted octanol–water partition coefficient (Wildman–Crippen LogP) is 3.46. The summed E-state index contributed by atoms with van der Waals surface area (Å²) in [5, 5.41) is 2.84. The Labute approximate surface area is 141 Å². The lowest BCUT2D eigenvalue weighted by Crippen LogP contribution is -2.34. The number of nitrogens with zero attached hydrogens (tertiary/aromatic N) is 1. The Bertz CT molecular complexity index is 455. The number of amides is 1. The molecule has 0 aromatic heterocycles. The first kappa shape index (κ1) is 21.8. The zero-order valence-electron chi connectivity index (χ0n) is 12.1. The van der Waals surface area contributed by atoms with E-state index in [-0.39, 0.29) is 30.7 Å². The number of carbonyl (C=O) groups excluding carboxylic acids is 1. The van der Waals surface area contributed by atoms with Crippen molar-refractivity contribution < 1.29 is 4.79 Å². The van der Waals surface area contributed by atoms with Gasteiger partial charge in [0.2, 0.25) is 5.91 Å². The minimum Gasteiger partial charge on any atom is -0.397 e. The van der Waals surface area contributed by atoms with Crippen molar-refractivity contribution >= 4 is 58.0 Å². The average Bonchev–Trinajstić information content (AvgIpc) is 2.24. The molecule has 20 heavy (non-hydrogen) atoms. The molecular formula is C13H22BrCl2N3O. The summed E-state index contributed by atoms with van der Waals surface area (Å²) < 4.78 is 0.904. The third kappa shape index (κ3) is 6.31. The van der Waals surface area contributed by atoms with Crippen LogP contribution in [0.2, 0.25) is 0 Å². The number of rotatable bonds is 4. The zero-order chi connectivity index (χ0) is 13.9. The van der Waals surface area contributed by atoms with Gasteiger partial charge in [-0.15, -0.1) is 24.8 Å². The van der Waals surface area contributed by atoms with Gasteiger partial charge in [-0.05, 0) is 45.5 Å². The first-order chi connectivity index (χ1) is 8.31. The fraction of sp³-hybridized carbons (Fsp3) is 0.462. The Balaban J connectivity index is 0. The number of benzene rings is 1. The van der Waals surface area contributed by atoms with Crippen LogP contribution in [0.3, 0.4) is 0 Å². The summed E-state index contributed by atoms with van der Waals surface area (Å²) in [5.41, 5.74) is 8.15. The van der Waals surface area contributed by atoms with Crippen LogP contribution in [-0.2, 0) is 4.79 Å². The Morgan fingerprint density at radius 1 is 1.40 bits per heavy atom. The number of hydrogen-bond donors (Lipinski definition) is 2. The maximum Gasteiger partial charge on any atom is 0.238 e. The molecule has 0 heterocycles. The van der Waals surface area contributed by atoms with Crippen LogP contribution in [0.1, 0.15) is 19.4 Å². The maximum atomic E-state index is 11.9. The topological polar surface area (TPSA) is 58.4 Å². The lowest BCUT2D eigenvalue weighted by molar-refractivity contribution is -0.117. The summed E-state index contributed by atoms with van der Waals surface area (Å²) in [5.74, 6) is -0.0598. The van der Waals surface area contributed by atoms with E-state index in [0.29, 0.717) is 24.0 Å². The Hall–Kier alpha value is -0.490. The summed E-state index contributed by atoms with van der Waals surface area (Å²) in [6, 6.07) is 4.07. The van der Waals surface area contributed by atoms with E-state index in [1.54, 1.807) is 0 Å². The van der Waals surface area contributed by atoms with E-state index in [4.69, 9.17) is 5.73 Å². The number of halogens is 3. The number of anilines is 2. The van der Waals surface area contributed by atoms with Gasteiger partial charge in [-0.1, -0.05) is 15.9 Å². The Morgan fingerprint density at radius 3 is 2.45 bits per heavy atom. The molecule has 0 unspecified atom stereocenters. The molecule has 0 saturated carbocycles. The van der Waals surface area contributed by atoms with Gasteiger partial charge in [0.25, 0.3) is 0 Å². The number of nitrogen functional groups attached to an aromatic ring is 1. The van der Waals surface area contributed by atoms with Gasteiger partial charge < -0.3 is 11.1 Å². The highest BCUT2D eigenvalue weighted by Crippen LogP contribution is 2.27. The van der Waals surface area contributed by atoms with E-state index in [1.165, 1.54) is 0 Å². The highest BCUT2D eigenvalue weighted by atomic mass is 79.9. The SMILES string of the molecule is Cc1cc(Br)cc(NC(=O)CN(C)C(C)C)c1N.Cl.Cl. The summed E-state index contributed by atoms with van der Waals surface area (Å²) >= 11 is 3.39. The van der Waals surface area contributed by atoms with E-state index >= 15 is 0 Å². The average molecular weight is 387 g/mol. The maximum absolute atomic E-state index is 11.9. The van der Waals surface area contributed by atoms with Crippen LogP contribution < -0.4 is 11.1 Å². The minimum absolute atomic E-state index is 0. The summed E-state index contributed by atoms with van der Waals surface area (Å²) in [6.45, 7) is 6.36. The molecule has 0 aliphatic rings. The van der Waals surface area contributed by atoms with Gasteiger partial charge in [0, 0.05) is 10.5 Å². The normalized spacial score (nSPS) is 9.95. The van der Waals surface area contributed by atoms with Crippen molar-refractivity contribution in [2.75, 3.05) is 24.6 Å². The van der Waals surface area contributed by atoms with Gasteiger partial charge in [-0.2, -0.15) is 0 Å². The zero-order valence-corrected chi connectivity index (χ0v) is 15.3. The van der Waals surface area contributed by atoms with Crippen molar-refractivity contribution in [1.82, 2.24) is 4.90 Å². The molecule has 4 nitrogen and oxygen atoms in total. The second-order valence-electron chi connectivity index (χ2n) is 4.74. The van der Waals surface area contributed by atoms with Crippen LogP contribution in [0.25, 0.3) is 0 Å². The third-order valence-electron chi connectivity index (χ3n) is 2.90. The van der Waals surface area contributed by atoms with E-state index in [9.17, 15) is 4.79 Å². The third-order valence-corrected chi connectivity index (χ3v) is 3.36. The first-order valence-corrected chi connectivity index (χ1v) is 6.66. The summed E-state index contributed by atoms with van der Waals surface area (Å²) in [6.07, 6.45) is 0. The molecule has 1 aromatic carbocycles. The molecule has 7 heteroatoms. The lowest BCUT2D eigenvalue weighted by atomic mass is 10.1. The molecule has 0 bridgehead atoms. The van der Waals surface area contributed by atoms with Gasteiger partial charge in [0.05, 0.1) is 17.9 Å². The fourth-order valence-corrected chi connectivity index (χ4v) is 2.03. The van der Waals surface area contributed by atoms with E-state index in [2.05, 4.69) is 21.2 Å². The smallest absolute Gasteiger partial charge is 0.238 e. The van der Waals surface area contributed by atoms with Crippen molar-refractivity contribution in [3.05, 3.63) is 22.2 Å². The van der Waals surface area contributed by atoms with Gasteiger partial charge >= 0.3 is 0 Å². The molecule has 0 spiro atoms. The molecular weight excluding hydrogens is 365 g/mol. The summed E-state index contributed by atoms with van der Waals surface area (Å²) in [4.78, 5) is 13.8. The molecule has 116 valence electrons. The quantitative estimate of drug-likeness (QED) is 0.779. The molecule has 3 N–H and O–H groups in total. The van der Waals surface area contributed by atoms with Crippen molar-refractivity contribution in [2.45, 2.75) is 26.8 Å². The van der Waals surface area contributed by atoms with Crippen LogP contribution in [0.5, 0.6) is 0 Å². The standard InChI is InChI=1S/C13H20BrN3O.2ClH/c1-8(2)17(4)7-12(18)16-11-6-10(14)5-9(3)13(11)15;;/h5-6,8H,7,15H2,1-4H3,(H,16,18);2*1H. The number of carbonyl (C=O) groups is 1. The molecule has 0 atom stereocenters. The molecule has 1 aromatic rings. The highest BCUT2D eigenvalue weighted by molar-refractivity contribution is 9.10. The van der Waals surface area contributed by atoms with E-state index < -0.39 is 0 Å². The van der Waals surface area contributed by atoms with Crippen LogP contribution >= 0.6 is 40.7 Å². The summed E-state index contributed by atoms with van der Waals surface area (Å²) in [7, 11) is 1.92. The van der Waals surface area contributed by atoms with Gasteiger partial charge in [0.15, 0.2) is 0 Å². The fourth-order valence-electron chi connectivity index (χ4n) is 1.46. The monoisotopic (exact) mass is 385 g/mol. The van der Waals surface area contributed by atoms with Crippen LogP contribution in [-0.4, -0.2) is 30.4 Å². The van der Waals surface area contributed by atoms with Gasteiger partial charge in [0.1, 0.15) is 0 Å². The number of nitrogens with two attached hydrogens (primary N) is 1. The number of hydrogen-bond acceptors (Lipinski definition) is 3. The molecule has 0 saturated heterocycles.